The van der Waals surface area contributed by atoms with Gasteiger partial charge < -0.3 is 9.13 Å². The SMILES string of the molecule is c1ccc(-n2c3ccccc3c3ccc4c(c5ccc6c7cccnc7n7ccnc7c6c5n4-c4ccccc4)c32)cc1. The lowest BCUT2D eigenvalue weighted by Gasteiger charge is -2.12. The van der Waals surface area contributed by atoms with Crippen LogP contribution in [0.2, 0.25) is 0 Å². The van der Waals surface area contributed by atoms with Crippen molar-refractivity contribution in [2.24, 2.45) is 0 Å². The van der Waals surface area contributed by atoms with Gasteiger partial charge in [-0.05, 0) is 53.9 Å². The van der Waals surface area contributed by atoms with Crippen molar-refractivity contribution in [2.75, 3.05) is 0 Å². The van der Waals surface area contributed by atoms with E-state index in [1.165, 1.54) is 32.6 Å². The Hall–Kier alpha value is -5.94. The normalized spacial score (nSPS) is 12.2. The summed E-state index contributed by atoms with van der Waals surface area (Å²) in [5.41, 5.74) is 8.82. The van der Waals surface area contributed by atoms with Crippen molar-refractivity contribution in [1.82, 2.24) is 23.5 Å². The van der Waals surface area contributed by atoms with Crippen LogP contribution in [0.25, 0.3) is 82.4 Å². The molecule has 5 heteroatoms. The third-order valence-electron chi connectivity index (χ3n) is 8.92. The molecule has 0 aliphatic heterocycles. The minimum absolute atomic E-state index is 0.909. The fraction of sp³-hybridized carbons (Fsp3) is 0. The molecule has 0 atom stereocenters. The first kappa shape index (κ1) is 22.7. The van der Waals surface area contributed by atoms with E-state index in [-0.39, 0.29) is 0 Å². The van der Waals surface area contributed by atoms with Crippen LogP contribution in [-0.2, 0) is 0 Å². The molecule has 5 aromatic carbocycles. The van der Waals surface area contributed by atoms with Crippen molar-refractivity contribution in [3.05, 3.63) is 140 Å². The first-order valence-electron chi connectivity index (χ1n) is 14.5. The zero-order valence-corrected chi connectivity index (χ0v) is 23.0. The molecule has 5 aromatic heterocycles. The Kier molecular flexibility index (Phi) is 4.39. The van der Waals surface area contributed by atoms with E-state index in [1.54, 1.807) is 0 Å². The monoisotopic (exact) mass is 549 g/mol. The standard InChI is InChI=1S/C38H23N5/c1-3-10-24(11-4-1)42-31-16-8-7-14-26(31)28-19-20-32-33(35(28)42)30-18-17-27-29-15-9-21-39-37(29)41-23-22-40-38(41)34(27)36(30)43(32)25-12-5-2-6-13-25/h1-23H. The molecule has 10 aromatic rings. The van der Waals surface area contributed by atoms with Gasteiger partial charge in [0.15, 0.2) is 0 Å². The van der Waals surface area contributed by atoms with Crippen LogP contribution in [-0.4, -0.2) is 23.5 Å². The van der Waals surface area contributed by atoms with Crippen LogP contribution in [0.5, 0.6) is 0 Å². The molecule has 0 fully saturated rings. The van der Waals surface area contributed by atoms with Crippen LogP contribution in [0.1, 0.15) is 0 Å². The maximum Gasteiger partial charge on any atom is 0.148 e. The highest BCUT2D eigenvalue weighted by Crippen LogP contribution is 2.45. The number of rotatable bonds is 2. The highest BCUT2D eigenvalue weighted by atomic mass is 15.1. The zero-order valence-electron chi connectivity index (χ0n) is 23.0. The van der Waals surface area contributed by atoms with Crippen molar-refractivity contribution in [3.8, 4) is 11.4 Å². The van der Waals surface area contributed by atoms with E-state index < -0.39 is 0 Å². The Morgan fingerprint density at radius 3 is 1.84 bits per heavy atom. The summed E-state index contributed by atoms with van der Waals surface area (Å²) in [7, 11) is 0. The molecule has 0 N–H and O–H groups in total. The molecule has 10 rings (SSSR count). The summed E-state index contributed by atoms with van der Waals surface area (Å²) < 4.78 is 6.98. The topological polar surface area (TPSA) is 40.1 Å². The number of hydrogen-bond acceptors (Lipinski definition) is 2. The molecule has 0 bridgehead atoms. The molecule has 5 nitrogen and oxygen atoms in total. The Morgan fingerprint density at radius 2 is 1.02 bits per heavy atom. The summed E-state index contributed by atoms with van der Waals surface area (Å²) in [6.07, 6.45) is 5.75. The largest absolute Gasteiger partial charge is 0.309 e. The van der Waals surface area contributed by atoms with Gasteiger partial charge in [-0.25, -0.2) is 9.97 Å². The molecule has 0 saturated heterocycles. The number of hydrogen-bond donors (Lipinski definition) is 0. The van der Waals surface area contributed by atoms with Crippen molar-refractivity contribution in [1.29, 1.82) is 0 Å². The Bertz CT molecular complexity index is 2710. The average Bonchev–Trinajstić information content (AvgIpc) is 3.78. The van der Waals surface area contributed by atoms with E-state index in [4.69, 9.17) is 9.97 Å². The highest BCUT2D eigenvalue weighted by Gasteiger charge is 2.24. The van der Waals surface area contributed by atoms with Crippen LogP contribution in [0, 0.1) is 0 Å². The summed E-state index contributed by atoms with van der Waals surface area (Å²) in [6.45, 7) is 0. The molecule has 0 amide bonds. The lowest BCUT2D eigenvalue weighted by Crippen LogP contribution is -1.97. The summed E-state index contributed by atoms with van der Waals surface area (Å²) >= 11 is 0. The molecule has 43 heavy (non-hydrogen) atoms. The first-order valence-corrected chi connectivity index (χ1v) is 14.5. The molecule has 5 heterocycles. The molecular formula is C38H23N5. The summed E-state index contributed by atoms with van der Waals surface area (Å²) in [4.78, 5) is 9.68. The number of pyridine rings is 2. The fourth-order valence-corrected chi connectivity index (χ4v) is 7.24. The lowest BCUT2D eigenvalue weighted by atomic mass is 10.0. The molecule has 0 radical (unpaired) electrons. The van der Waals surface area contributed by atoms with Crippen LogP contribution >= 0.6 is 0 Å². The minimum Gasteiger partial charge on any atom is -0.309 e. The van der Waals surface area contributed by atoms with Crippen molar-refractivity contribution >= 4 is 71.1 Å². The zero-order chi connectivity index (χ0) is 28.1. The van der Waals surface area contributed by atoms with Gasteiger partial charge in [0.25, 0.3) is 0 Å². The third-order valence-corrected chi connectivity index (χ3v) is 8.92. The lowest BCUT2D eigenvalue weighted by molar-refractivity contribution is 1.17. The number of aromatic nitrogens is 5. The van der Waals surface area contributed by atoms with E-state index in [0.717, 1.165) is 49.9 Å². The number of benzene rings is 5. The van der Waals surface area contributed by atoms with Crippen molar-refractivity contribution < 1.29 is 0 Å². The Morgan fingerprint density at radius 1 is 0.395 bits per heavy atom. The third kappa shape index (κ3) is 2.90. The van der Waals surface area contributed by atoms with Gasteiger partial charge >= 0.3 is 0 Å². The average molecular weight is 550 g/mol. The molecule has 0 aliphatic rings. The molecule has 0 spiro atoms. The predicted octanol–water partition coefficient (Wildman–Crippen LogP) is 9.23. The molecular weight excluding hydrogens is 526 g/mol. The van der Waals surface area contributed by atoms with Crippen LogP contribution in [0.3, 0.4) is 0 Å². The molecule has 0 saturated carbocycles. The van der Waals surface area contributed by atoms with Gasteiger partial charge in [0.2, 0.25) is 0 Å². The summed E-state index contributed by atoms with van der Waals surface area (Å²) in [5, 5.41) is 8.30. The van der Waals surface area contributed by atoms with Crippen LogP contribution < -0.4 is 0 Å². The van der Waals surface area contributed by atoms with Gasteiger partial charge in [-0.2, -0.15) is 0 Å². The van der Waals surface area contributed by atoms with E-state index in [0.29, 0.717) is 0 Å². The predicted molar refractivity (Wildman–Crippen MR) is 177 cm³/mol. The van der Waals surface area contributed by atoms with Crippen LogP contribution in [0.4, 0.5) is 0 Å². The number of para-hydroxylation sites is 3. The van der Waals surface area contributed by atoms with Gasteiger partial charge in [-0.15, -0.1) is 0 Å². The maximum absolute atomic E-state index is 4.92. The highest BCUT2D eigenvalue weighted by molar-refractivity contribution is 6.32. The van der Waals surface area contributed by atoms with E-state index in [9.17, 15) is 0 Å². The Labute approximate surface area is 245 Å². The molecule has 200 valence electrons. The maximum atomic E-state index is 4.92. The first-order chi connectivity index (χ1) is 21.4. The van der Waals surface area contributed by atoms with E-state index in [1.807, 2.05) is 24.7 Å². The summed E-state index contributed by atoms with van der Waals surface area (Å²) in [6, 6.07) is 43.5. The van der Waals surface area contributed by atoms with E-state index >= 15 is 0 Å². The second-order valence-corrected chi connectivity index (χ2v) is 11.1. The number of nitrogens with zero attached hydrogens (tertiary/aromatic N) is 5. The quantitative estimate of drug-likeness (QED) is 0.202. The molecule has 0 unspecified atom stereocenters. The second kappa shape index (κ2) is 8.30. The summed E-state index contributed by atoms with van der Waals surface area (Å²) in [5.74, 6) is 0. The number of fused-ring (bicyclic) bond motifs is 14. The fourth-order valence-electron chi connectivity index (χ4n) is 7.24. The van der Waals surface area contributed by atoms with Gasteiger partial charge in [0.05, 0.1) is 27.5 Å². The Balaban J connectivity index is 1.53. The minimum atomic E-state index is 0.909. The van der Waals surface area contributed by atoms with Crippen LogP contribution in [0.15, 0.2) is 140 Å². The second-order valence-electron chi connectivity index (χ2n) is 11.1. The van der Waals surface area contributed by atoms with Gasteiger partial charge in [-0.3, -0.25) is 4.40 Å². The van der Waals surface area contributed by atoms with Gasteiger partial charge in [-0.1, -0.05) is 72.8 Å². The number of imidazole rings is 1. The molecule has 0 aliphatic carbocycles. The van der Waals surface area contributed by atoms with E-state index in [2.05, 4.69) is 129 Å². The van der Waals surface area contributed by atoms with Crippen molar-refractivity contribution in [3.63, 3.8) is 0 Å². The van der Waals surface area contributed by atoms with Crippen molar-refractivity contribution in [2.45, 2.75) is 0 Å². The van der Waals surface area contributed by atoms with Gasteiger partial charge in [0.1, 0.15) is 11.3 Å². The smallest absolute Gasteiger partial charge is 0.148 e. The van der Waals surface area contributed by atoms with Gasteiger partial charge in [0, 0.05) is 56.9 Å².